The molecule has 4 aromatic rings. The molecule has 2 heterocycles. The number of aromatic amines is 1. The molecule has 0 bridgehead atoms. The monoisotopic (exact) mass is 389 g/mol. The molecular weight excluding hydrogens is 366 g/mol. The number of hydrogen-bond acceptors (Lipinski definition) is 5. The molecule has 0 radical (unpaired) electrons. The third-order valence-electron chi connectivity index (χ3n) is 4.86. The van der Waals surface area contributed by atoms with Gasteiger partial charge in [-0.05, 0) is 54.3 Å². The molecule has 2 aromatic carbocycles. The number of H-pyrrole nitrogens is 1. The number of para-hydroxylation sites is 1. The van der Waals surface area contributed by atoms with E-state index >= 15 is 0 Å². The molecule has 4 rings (SSSR count). The Morgan fingerprint density at radius 1 is 1.14 bits per heavy atom. The molecule has 2 N–H and O–H groups in total. The predicted octanol–water partition coefficient (Wildman–Crippen LogP) is 3.29. The first kappa shape index (κ1) is 18.8. The number of anilines is 1. The van der Waals surface area contributed by atoms with Gasteiger partial charge in [0.1, 0.15) is 12.4 Å². The summed E-state index contributed by atoms with van der Waals surface area (Å²) in [6, 6.07) is 11.8. The Balaban J connectivity index is 1.51. The molecule has 1 amide bonds. The standard InChI is InChI=1S/C21H23N7O/c1-4-14-7-6-8-15(5-2)20(14)24-19(29)12-28-26-21(25-27-28)16-9-10-17-18(11-16)23-13(3)22-17/h6-11H,4-5,12H2,1-3H3,(H,22,23)(H,24,29). The third-order valence-corrected chi connectivity index (χ3v) is 4.86. The molecule has 8 nitrogen and oxygen atoms in total. The van der Waals surface area contributed by atoms with Crippen LogP contribution in [0, 0.1) is 6.92 Å². The Morgan fingerprint density at radius 2 is 1.90 bits per heavy atom. The number of aryl methyl sites for hydroxylation is 3. The molecule has 0 aliphatic rings. The van der Waals surface area contributed by atoms with Crippen LogP contribution < -0.4 is 5.32 Å². The van der Waals surface area contributed by atoms with Crippen LogP contribution in [0.15, 0.2) is 36.4 Å². The van der Waals surface area contributed by atoms with Crippen LogP contribution in [0.25, 0.3) is 22.4 Å². The number of rotatable bonds is 6. The summed E-state index contributed by atoms with van der Waals surface area (Å²) in [6.07, 6.45) is 1.70. The summed E-state index contributed by atoms with van der Waals surface area (Å²) in [7, 11) is 0. The number of hydrogen-bond donors (Lipinski definition) is 2. The Morgan fingerprint density at radius 3 is 2.62 bits per heavy atom. The van der Waals surface area contributed by atoms with Gasteiger partial charge in [-0.15, -0.1) is 10.2 Å². The van der Waals surface area contributed by atoms with Gasteiger partial charge in [0.15, 0.2) is 0 Å². The van der Waals surface area contributed by atoms with E-state index in [2.05, 4.69) is 44.5 Å². The van der Waals surface area contributed by atoms with Crippen LogP contribution in [0.2, 0.25) is 0 Å². The lowest BCUT2D eigenvalue weighted by molar-refractivity contribution is -0.117. The Labute approximate surface area is 168 Å². The second-order valence-electron chi connectivity index (χ2n) is 6.90. The normalized spacial score (nSPS) is 11.1. The van der Waals surface area contributed by atoms with Crippen LogP contribution >= 0.6 is 0 Å². The van der Waals surface area contributed by atoms with E-state index < -0.39 is 0 Å². The highest BCUT2D eigenvalue weighted by Gasteiger charge is 2.13. The predicted molar refractivity (Wildman–Crippen MR) is 111 cm³/mol. The quantitative estimate of drug-likeness (QED) is 0.527. The van der Waals surface area contributed by atoms with Gasteiger partial charge in [0.2, 0.25) is 11.7 Å². The first-order valence-corrected chi connectivity index (χ1v) is 9.72. The average molecular weight is 389 g/mol. The van der Waals surface area contributed by atoms with Gasteiger partial charge in [-0.25, -0.2) is 4.98 Å². The number of tetrazole rings is 1. The van der Waals surface area contributed by atoms with Crippen molar-refractivity contribution in [1.82, 2.24) is 30.2 Å². The zero-order valence-electron chi connectivity index (χ0n) is 16.7. The van der Waals surface area contributed by atoms with Crippen LogP contribution in [-0.2, 0) is 24.2 Å². The number of carbonyl (C=O) groups is 1. The summed E-state index contributed by atoms with van der Waals surface area (Å²) < 4.78 is 0. The summed E-state index contributed by atoms with van der Waals surface area (Å²) in [5, 5.41) is 15.5. The molecule has 0 saturated heterocycles. The van der Waals surface area contributed by atoms with E-state index in [1.54, 1.807) is 0 Å². The highest BCUT2D eigenvalue weighted by atomic mass is 16.2. The van der Waals surface area contributed by atoms with Gasteiger partial charge in [-0.3, -0.25) is 4.79 Å². The van der Waals surface area contributed by atoms with Crippen molar-refractivity contribution in [3.05, 3.63) is 53.3 Å². The van der Waals surface area contributed by atoms with Crippen molar-refractivity contribution in [1.29, 1.82) is 0 Å². The first-order chi connectivity index (χ1) is 14.1. The van der Waals surface area contributed by atoms with Crippen molar-refractivity contribution in [2.45, 2.75) is 40.2 Å². The molecule has 29 heavy (non-hydrogen) atoms. The molecule has 2 aromatic heterocycles. The van der Waals surface area contributed by atoms with Gasteiger partial charge in [0, 0.05) is 11.3 Å². The van der Waals surface area contributed by atoms with Crippen molar-refractivity contribution in [2.75, 3.05) is 5.32 Å². The van der Waals surface area contributed by atoms with Crippen molar-refractivity contribution in [3.8, 4) is 11.4 Å². The average Bonchev–Trinajstić information content (AvgIpc) is 3.32. The molecular formula is C21H23N7O. The molecule has 0 fully saturated rings. The Hall–Kier alpha value is -3.55. The zero-order valence-corrected chi connectivity index (χ0v) is 16.7. The van der Waals surface area contributed by atoms with E-state index in [-0.39, 0.29) is 12.5 Å². The summed E-state index contributed by atoms with van der Waals surface area (Å²) in [5.74, 6) is 1.14. The second-order valence-corrected chi connectivity index (χ2v) is 6.90. The molecule has 0 saturated carbocycles. The van der Waals surface area contributed by atoms with Crippen molar-refractivity contribution < 1.29 is 4.79 Å². The molecule has 0 aliphatic heterocycles. The van der Waals surface area contributed by atoms with E-state index in [0.717, 1.165) is 52.1 Å². The SMILES string of the molecule is CCc1cccc(CC)c1NC(=O)Cn1nnc(-c2ccc3nc(C)[nH]c3c2)n1. The molecule has 0 spiro atoms. The van der Waals surface area contributed by atoms with Gasteiger partial charge < -0.3 is 10.3 Å². The molecule has 148 valence electrons. The maximum Gasteiger partial charge on any atom is 0.248 e. The lowest BCUT2D eigenvalue weighted by Crippen LogP contribution is -2.22. The van der Waals surface area contributed by atoms with Gasteiger partial charge in [0.05, 0.1) is 11.0 Å². The fourth-order valence-electron chi connectivity index (χ4n) is 3.41. The number of amides is 1. The molecule has 8 heteroatoms. The highest BCUT2D eigenvalue weighted by molar-refractivity contribution is 5.92. The number of nitrogens with zero attached hydrogens (tertiary/aromatic N) is 5. The highest BCUT2D eigenvalue weighted by Crippen LogP contribution is 2.23. The number of imidazole rings is 1. The molecule has 0 aliphatic carbocycles. The van der Waals surface area contributed by atoms with E-state index in [1.807, 2.05) is 43.3 Å². The third kappa shape index (κ3) is 3.87. The Kier molecular flexibility index (Phi) is 5.07. The number of aromatic nitrogens is 6. The minimum Gasteiger partial charge on any atom is -0.342 e. The maximum atomic E-state index is 12.6. The topological polar surface area (TPSA) is 101 Å². The van der Waals surface area contributed by atoms with Crippen LogP contribution in [0.5, 0.6) is 0 Å². The number of benzene rings is 2. The van der Waals surface area contributed by atoms with Crippen molar-refractivity contribution in [2.24, 2.45) is 0 Å². The molecule has 0 unspecified atom stereocenters. The molecule has 0 atom stereocenters. The summed E-state index contributed by atoms with van der Waals surface area (Å²) in [6.45, 7) is 6.06. The largest absolute Gasteiger partial charge is 0.342 e. The second kappa shape index (κ2) is 7.83. The minimum atomic E-state index is -0.177. The van der Waals surface area contributed by atoms with E-state index in [0.29, 0.717) is 5.82 Å². The fourth-order valence-corrected chi connectivity index (χ4v) is 3.41. The zero-order chi connectivity index (χ0) is 20.4. The van der Waals surface area contributed by atoms with E-state index in [4.69, 9.17) is 0 Å². The number of nitrogens with one attached hydrogen (secondary N) is 2. The number of fused-ring (bicyclic) bond motifs is 1. The van der Waals surface area contributed by atoms with Crippen LogP contribution in [-0.4, -0.2) is 36.1 Å². The van der Waals surface area contributed by atoms with Gasteiger partial charge in [0.25, 0.3) is 0 Å². The van der Waals surface area contributed by atoms with E-state index in [1.165, 1.54) is 4.80 Å². The summed E-state index contributed by atoms with van der Waals surface area (Å²) in [5.41, 5.74) is 5.75. The van der Waals surface area contributed by atoms with Crippen molar-refractivity contribution in [3.63, 3.8) is 0 Å². The Bertz CT molecular complexity index is 1150. The van der Waals surface area contributed by atoms with Crippen LogP contribution in [0.1, 0.15) is 30.8 Å². The fraction of sp³-hybridized carbons (Fsp3) is 0.286. The van der Waals surface area contributed by atoms with Crippen LogP contribution in [0.3, 0.4) is 0 Å². The van der Waals surface area contributed by atoms with Gasteiger partial charge in [-0.2, -0.15) is 4.80 Å². The lowest BCUT2D eigenvalue weighted by Gasteiger charge is -2.14. The number of carbonyl (C=O) groups excluding carboxylic acids is 1. The summed E-state index contributed by atoms with van der Waals surface area (Å²) >= 11 is 0. The van der Waals surface area contributed by atoms with E-state index in [9.17, 15) is 4.79 Å². The van der Waals surface area contributed by atoms with Crippen molar-refractivity contribution >= 4 is 22.6 Å². The summed E-state index contributed by atoms with van der Waals surface area (Å²) in [4.78, 5) is 21.5. The lowest BCUT2D eigenvalue weighted by atomic mass is 10.0. The maximum absolute atomic E-state index is 12.6. The van der Waals surface area contributed by atoms with Gasteiger partial charge in [-0.1, -0.05) is 32.0 Å². The smallest absolute Gasteiger partial charge is 0.248 e. The first-order valence-electron chi connectivity index (χ1n) is 9.72. The van der Waals surface area contributed by atoms with Gasteiger partial charge >= 0.3 is 0 Å². The minimum absolute atomic E-state index is 0.000384. The van der Waals surface area contributed by atoms with Crippen LogP contribution in [0.4, 0.5) is 5.69 Å².